The topological polar surface area (TPSA) is 67.4 Å². The first kappa shape index (κ1) is 14.8. The summed E-state index contributed by atoms with van der Waals surface area (Å²) in [5, 5.41) is 4.53. The minimum Gasteiger partial charge on any atom is -0.489 e. The van der Waals surface area contributed by atoms with Gasteiger partial charge < -0.3 is 10.1 Å². The van der Waals surface area contributed by atoms with Crippen molar-refractivity contribution in [2.45, 2.75) is 6.61 Å². The maximum absolute atomic E-state index is 13.5. The Morgan fingerprint density at radius 2 is 1.87 bits per heavy atom. The summed E-state index contributed by atoms with van der Waals surface area (Å²) in [6.45, 7) is 0.101. The average molecular weight is 312 g/mol. The number of urea groups is 1. The molecule has 1 fully saturated rings. The maximum Gasteiger partial charge on any atom is 0.326 e. The van der Waals surface area contributed by atoms with E-state index in [2.05, 4.69) is 10.6 Å². The first-order chi connectivity index (χ1) is 11.1. The molecule has 0 spiro atoms. The summed E-state index contributed by atoms with van der Waals surface area (Å²) < 4.78 is 19.1. The molecule has 2 N–H and O–H groups in total. The molecule has 0 bridgehead atoms. The molecular weight excluding hydrogens is 299 g/mol. The molecular formula is C17H13FN2O3. The summed E-state index contributed by atoms with van der Waals surface area (Å²) in [5.74, 6) is -0.267. The Bertz CT molecular complexity index is 802. The van der Waals surface area contributed by atoms with E-state index in [-0.39, 0.29) is 18.1 Å². The Kier molecular flexibility index (Phi) is 4.05. The van der Waals surface area contributed by atoms with Gasteiger partial charge in [-0.05, 0) is 29.8 Å². The van der Waals surface area contributed by atoms with Crippen molar-refractivity contribution < 1.29 is 18.7 Å². The lowest BCUT2D eigenvalue weighted by Gasteiger charge is -2.08. The van der Waals surface area contributed by atoms with Gasteiger partial charge in [-0.25, -0.2) is 9.18 Å². The Balaban J connectivity index is 1.73. The molecule has 116 valence electrons. The lowest BCUT2D eigenvalue weighted by atomic mass is 10.2. The molecule has 23 heavy (non-hydrogen) atoms. The zero-order valence-electron chi connectivity index (χ0n) is 12.0. The van der Waals surface area contributed by atoms with Gasteiger partial charge >= 0.3 is 6.03 Å². The zero-order chi connectivity index (χ0) is 16.2. The van der Waals surface area contributed by atoms with Gasteiger partial charge in [-0.3, -0.25) is 10.1 Å². The second-order valence-corrected chi connectivity index (χ2v) is 4.92. The minimum atomic E-state index is -0.548. The fraction of sp³-hybridized carbons (Fsp3) is 0.0588. The molecule has 0 radical (unpaired) electrons. The van der Waals surface area contributed by atoms with Gasteiger partial charge in [0.15, 0.2) is 0 Å². The van der Waals surface area contributed by atoms with Gasteiger partial charge in [0.25, 0.3) is 5.91 Å². The van der Waals surface area contributed by atoms with Crippen LogP contribution in [-0.4, -0.2) is 11.9 Å². The molecule has 2 aromatic rings. The van der Waals surface area contributed by atoms with Gasteiger partial charge in [-0.1, -0.05) is 30.3 Å². The summed E-state index contributed by atoms with van der Waals surface area (Å²) >= 11 is 0. The fourth-order valence-corrected chi connectivity index (χ4v) is 2.12. The summed E-state index contributed by atoms with van der Waals surface area (Å²) in [5.41, 5.74) is 1.31. The van der Waals surface area contributed by atoms with E-state index in [1.807, 2.05) is 0 Å². The van der Waals surface area contributed by atoms with Crippen LogP contribution in [0.15, 0.2) is 54.2 Å². The highest BCUT2D eigenvalue weighted by Crippen LogP contribution is 2.18. The number of rotatable bonds is 4. The molecule has 1 aliphatic heterocycles. The predicted molar refractivity (Wildman–Crippen MR) is 81.8 cm³/mol. The number of benzene rings is 2. The van der Waals surface area contributed by atoms with Gasteiger partial charge in [-0.2, -0.15) is 0 Å². The van der Waals surface area contributed by atoms with Crippen molar-refractivity contribution in [2.75, 3.05) is 0 Å². The van der Waals surface area contributed by atoms with Crippen LogP contribution in [0.5, 0.6) is 5.75 Å². The smallest absolute Gasteiger partial charge is 0.326 e. The molecule has 1 heterocycles. The average Bonchev–Trinajstić information content (AvgIpc) is 2.84. The molecule has 0 aromatic heterocycles. The van der Waals surface area contributed by atoms with Gasteiger partial charge in [0.05, 0.1) is 0 Å². The largest absolute Gasteiger partial charge is 0.489 e. The molecule has 0 aliphatic carbocycles. The number of nitrogens with one attached hydrogen (secondary N) is 2. The molecule has 3 rings (SSSR count). The lowest BCUT2D eigenvalue weighted by molar-refractivity contribution is -0.115. The van der Waals surface area contributed by atoms with Crippen molar-refractivity contribution in [1.29, 1.82) is 0 Å². The highest BCUT2D eigenvalue weighted by Gasteiger charge is 2.22. The standard InChI is InChI=1S/C17H13FN2O3/c18-14-7-2-1-5-12(14)10-23-13-6-3-4-11(8-13)9-15-16(21)20-17(22)19-15/h1-9H,10H2,(H2,19,20,21,22). The lowest BCUT2D eigenvalue weighted by Crippen LogP contribution is -2.22. The monoisotopic (exact) mass is 312 g/mol. The Hall–Kier alpha value is -3.15. The third-order valence-corrected chi connectivity index (χ3v) is 3.24. The van der Waals surface area contributed by atoms with Crippen molar-refractivity contribution in [3.63, 3.8) is 0 Å². The first-order valence-electron chi connectivity index (χ1n) is 6.92. The molecule has 3 amide bonds. The number of hydrogen-bond acceptors (Lipinski definition) is 3. The molecule has 6 heteroatoms. The maximum atomic E-state index is 13.5. The van der Waals surface area contributed by atoms with E-state index in [1.54, 1.807) is 42.5 Å². The van der Waals surface area contributed by atoms with Crippen LogP contribution in [-0.2, 0) is 11.4 Å². The Labute approximate surface area is 131 Å². The Morgan fingerprint density at radius 3 is 2.61 bits per heavy atom. The highest BCUT2D eigenvalue weighted by molar-refractivity contribution is 6.13. The Morgan fingerprint density at radius 1 is 1.04 bits per heavy atom. The van der Waals surface area contributed by atoms with E-state index in [0.717, 1.165) is 0 Å². The molecule has 0 saturated carbocycles. The molecule has 0 atom stereocenters. The first-order valence-corrected chi connectivity index (χ1v) is 6.92. The van der Waals surface area contributed by atoms with Crippen molar-refractivity contribution in [3.05, 3.63) is 71.2 Å². The fourth-order valence-electron chi connectivity index (χ4n) is 2.12. The molecule has 2 aromatic carbocycles. The van der Waals surface area contributed by atoms with Crippen molar-refractivity contribution in [3.8, 4) is 5.75 Å². The van der Waals surface area contributed by atoms with Gasteiger partial charge in [0.2, 0.25) is 0 Å². The zero-order valence-corrected chi connectivity index (χ0v) is 12.0. The van der Waals surface area contributed by atoms with Crippen LogP contribution in [0.2, 0.25) is 0 Å². The van der Waals surface area contributed by atoms with Gasteiger partial charge in [0.1, 0.15) is 23.9 Å². The van der Waals surface area contributed by atoms with Crippen LogP contribution in [0, 0.1) is 5.82 Å². The van der Waals surface area contributed by atoms with Crippen molar-refractivity contribution in [1.82, 2.24) is 10.6 Å². The van der Waals surface area contributed by atoms with Crippen molar-refractivity contribution >= 4 is 18.0 Å². The number of amides is 3. The number of halogens is 1. The summed E-state index contributed by atoms with van der Waals surface area (Å²) in [7, 11) is 0. The highest BCUT2D eigenvalue weighted by atomic mass is 19.1. The van der Waals surface area contributed by atoms with Gasteiger partial charge in [-0.15, -0.1) is 0 Å². The third-order valence-electron chi connectivity index (χ3n) is 3.24. The normalized spacial score (nSPS) is 15.4. The predicted octanol–water partition coefficient (Wildman–Crippen LogP) is 2.59. The van der Waals surface area contributed by atoms with Crippen LogP contribution in [0.4, 0.5) is 9.18 Å². The second-order valence-electron chi connectivity index (χ2n) is 4.92. The van der Waals surface area contributed by atoms with E-state index in [1.165, 1.54) is 12.1 Å². The van der Waals surface area contributed by atoms with Crippen LogP contribution in [0.25, 0.3) is 6.08 Å². The molecule has 1 aliphatic rings. The van der Waals surface area contributed by atoms with E-state index in [9.17, 15) is 14.0 Å². The van der Waals surface area contributed by atoms with E-state index in [4.69, 9.17) is 4.74 Å². The number of carbonyl (C=O) groups excluding carboxylic acids is 2. The van der Waals surface area contributed by atoms with E-state index >= 15 is 0 Å². The molecule has 5 nitrogen and oxygen atoms in total. The van der Waals surface area contributed by atoms with Gasteiger partial charge in [0, 0.05) is 5.56 Å². The molecule has 1 saturated heterocycles. The second kappa shape index (κ2) is 6.31. The summed E-state index contributed by atoms with van der Waals surface area (Å²) in [6, 6.07) is 12.8. The van der Waals surface area contributed by atoms with Crippen LogP contribution < -0.4 is 15.4 Å². The molecule has 0 unspecified atom stereocenters. The number of imide groups is 1. The van der Waals surface area contributed by atoms with E-state index in [0.29, 0.717) is 16.9 Å². The number of carbonyl (C=O) groups is 2. The third kappa shape index (κ3) is 3.55. The quantitative estimate of drug-likeness (QED) is 0.673. The van der Waals surface area contributed by atoms with E-state index < -0.39 is 11.9 Å². The number of ether oxygens (including phenoxy) is 1. The number of hydrogen-bond donors (Lipinski definition) is 2. The van der Waals surface area contributed by atoms with Crippen LogP contribution in [0.1, 0.15) is 11.1 Å². The SMILES string of the molecule is O=C1NC(=O)C(=Cc2cccc(OCc3ccccc3F)c2)N1. The van der Waals surface area contributed by atoms with Crippen LogP contribution >= 0.6 is 0 Å². The summed E-state index contributed by atoms with van der Waals surface area (Å²) in [4.78, 5) is 22.6. The minimum absolute atomic E-state index is 0.101. The summed E-state index contributed by atoms with van der Waals surface area (Å²) in [6.07, 6.45) is 1.54. The van der Waals surface area contributed by atoms with Crippen LogP contribution in [0.3, 0.4) is 0 Å². The van der Waals surface area contributed by atoms with Crippen molar-refractivity contribution in [2.24, 2.45) is 0 Å².